The summed E-state index contributed by atoms with van der Waals surface area (Å²) in [6.45, 7) is 12.8. The number of halogens is 1. The molecular weight excluding hydrogens is 316 g/mol. The molecule has 0 saturated carbocycles. The van der Waals surface area contributed by atoms with Crippen molar-refractivity contribution in [3.8, 4) is 0 Å². The molecule has 126 valence electrons. The maximum atomic E-state index is 12.0. The molecule has 5 nitrogen and oxygen atoms in total. The Kier molecular flexibility index (Phi) is 7.34. The van der Waals surface area contributed by atoms with Crippen LogP contribution in [0.15, 0.2) is 24.3 Å². The highest BCUT2D eigenvalue weighted by atomic mass is 35.5. The number of benzene rings is 1. The van der Waals surface area contributed by atoms with E-state index in [-0.39, 0.29) is 18.9 Å². The number of hydrogen-bond acceptors (Lipinski definition) is 3. The maximum Gasteiger partial charge on any atom is 0.410 e. The van der Waals surface area contributed by atoms with Crippen LogP contribution in [0.5, 0.6) is 0 Å². The monoisotopic (exact) mass is 338 g/mol. The van der Waals surface area contributed by atoms with Gasteiger partial charge in [0.05, 0.1) is 6.10 Å². The van der Waals surface area contributed by atoms with Crippen LogP contribution in [0.25, 0.3) is 4.85 Å². The summed E-state index contributed by atoms with van der Waals surface area (Å²) in [5.74, 6) is 0. The van der Waals surface area contributed by atoms with E-state index in [4.69, 9.17) is 27.6 Å². The number of carbonyl (C=O) groups is 1. The molecule has 0 spiro atoms. The molecule has 0 aliphatic heterocycles. The lowest BCUT2D eigenvalue weighted by atomic mass is 10.1. The third kappa shape index (κ3) is 7.36. The maximum absolute atomic E-state index is 12.0. The molecule has 0 aromatic heterocycles. The highest BCUT2D eigenvalue weighted by Gasteiger charge is 2.21. The molecule has 6 heteroatoms. The van der Waals surface area contributed by atoms with Crippen LogP contribution in [0.4, 0.5) is 4.79 Å². The fraction of sp³-hybridized carbons (Fsp3) is 0.529. The first-order valence-corrected chi connectivity index (χ1v) is 7.75. The molecule has 0 radical (unpaired) electrons. The number of nitrogens with zero attached hydrogens (tertiary/aromatic N) is 2. The van der Waals surface area contributed by atoms with Crippen LogP contribution in [0, 0.1) is 6.57 Å². The summed E-state index contributed by atoms with van der Waals surface area (Å²) >= 11 is 6.01. The van der Waals surface area contributed by atoms with Crippen LogP contribution in [-0.2, 0) is 9.47 Å². The van der Waals surface area contributed by atoms with Crippen LogP contribution >= 0.6 is 11.6 Å². The Hall–Kier alpha value is -1.77. The largest absolute Gasteiger partial charge is 0.444 e. The Morgan fingerprint density at radius 1 is 1.43 bits per heavy atom. The molecule has 1 rings (SSSR count). The summed E-state index contributed by atoms with van der Waals surface area (Å²) in [5, 5.41) is 0.611. The molecule has 1 aromatic carbocycles. The van der Waals surface area contributed by atoms with Crippen LogP contribution in [-0.4, -0.2) is 36.9 Å². The predicted octanol–water partition coefficient (Wildman–Crippen LogP) is 4.53. The van der Waals surface area contributed by atoms with E-state index in [1.807, 2.05) is 39.0 Å². The molecule has 1 atom stereocenters. The molecule has 0 fully saturated rings. The van der Waals surface area contributed by atoms with Gasteiger partial charge < -0.3 is 14.4 Å². The summed E-state index contributed by atoms with van der Waals surface area (Å²) in [6, 6.07) is 7.32. The second-order valence-electron chi connectivity index (χ2n) is 6.19. The number of ether oxygens (including phenoxy) is 2. The zero-order valence-corrected chi connectivity index (χ0v) is 14.8. The van der Waals surface area contributed by atoms with Crippen molar-refractivity contribution in [1.82, 2.24) is 4.90 Å². The van der Waals surface area contributed by atoms with Gasteiger partial charge in [-0.05, 0) is 44.9 Å². The number of rotatable bonds is 6. The van der Waals surface area contributed by atoms with Crippen molar-refractivity contribution in [2.24, 2.45) is 0 Å². The fourth-order valence-electron chi connectivity index (χ4n) is 1.92. The minimum atomic E-state index is -0.529. The van der Waals surface area contributed by atoms with Crippen molar-refractivity contribution in [3.05, 3.63) is 46.3 Å². The molecule has 1 aromatic rings. The molecule has 0 N–H and O–H groups in total. The average molecular weight is 339 g/mol. The lowest BCUT2D eigenvalue weighted by Gasteiger charge is -2.25. The van der Waals surface area contributed by atoms with Crippen molar-refractivity contribution < 1.29 is 14.3 Å². The van der Waals surface area contributed by atoms with Crippen molar-refractivity contribution in [2.75, 3.05) is 20.3 Å². The van der Waals surface area contributed by atoms with Gasteiger partial charge in [0.15, 0.2) is 0 Å². The van der Waals surface area contributed by atoms with E-state index < -0.39 is 5.60 Å². The van der Waals surface area contributed by atoms with Gasteiger partial charge in [-0.3, -0.25) is 4.85 Å². The molecule has 0 aliphatic carbocycles. The summed E-state index contributed by atoms with van der Waals surface area (Å²) in [7, 11) is 1.68. The topological polar surface area (TPSA) is 43.1 Å². The summed E-state index contributed by atoms with van der Waals surface area (Å²) < 4.78 is 10.9. The van der Waals surface area contributed by atoms with Gasteiger partial charge in [-0.25, -0.2) is 11.4 Å². The second-order valence-corrected chi connectivity index (χ2v) is 6.62. The molecular formula is C17H23ClN2O3. The van der Waals surface area contributed by atoms with Crippen LogP contribution in [0.2, 0.25) is 5.02 Å². The normalized spacial score (nSPS) is 12.3. The summed E-state index contributed by atoms with van der Waals surface area (Å²) in [5.41, 5.74) is 0.358. The Morgan fingerprint density at radius 3 is 2.70 bits per heavy atom. The van der Waals surface area contributed by atoms with E-state index in [2.05, 4.69) is 4.85 Å². The van der Waals surface area contributed by atoms with Crippen molar-refractivity contribution in [2.45, 2.75) is 38.9 Å². The van der Waals surface area contributed by atoms with Gasteiger partial charge >= 0.3 is 12.8 Å². The van der Waals surface area contributed by atoms with Crippen molar-refractivity contribution >= 4 is 17.7 Å². The van der Waals surface area contributed by atoms with Crippen LogP contribution in [0.3, 0.4) is 0 Å². The number of carbonyl (C=O) groups excluding carboxylic acids is 1. The van der Waals surface area contributed by atoms with Gasteiger partial charge in [0.25, 0.3) is 0 Å². The van der Waals surface area contributed by atoms with E-state index in [1.54, 1.807) is 13.1 Å². The Bertz CT molecular complexity index is 564. The average Bonchev–Trinajstić information content (AvgIpc) is 2.45. The standard InChI is InChI=1S/C17H23ClN2O3/c1-17(2,3)23-16(21)20(5)10-9-15(22-12-19-4)13-7-6-8-14(18)11-13/h6-8,11,15H,9-10,12H2,1-3,5H3. The third-order valence-electron chi connectivity index (χ3n) is 2.99. The predicted molar refractivity (Wildman–Crippen MR) is 90.2 cm³/mol. The van der Waals surface area contributed by atoms with Crippen LogP contribution in [0.1, 0.15) is 38.9 Å². The zero-order chi connectivity index (χ0) is 17.5. The molecule has 0 bridgehead atoms. The van der Waals surface area contributed by atoms with E-state index in [9.17, 15) is 4.79 Å². The van der Waals surface area contributed by atoms with Gasteiger partial charge in [-0.1, -0.05) is 23.7 Å². The Balaban J connectivity index is 2.68. The van der Waals surface area contributed by atoms with E-state index in [1.165, 1.54) is 4.90 Å². The molecule has 1 unspecified atom stereocenters. The smallest absolute Gasteiger partial charge is 0.410 e. The first kappa shape index (κ1) is 19.3. The highest BCUT2D eigenvalue weighted by Crippen LogP contribution is 2.24. The second kappa shape index (κ2) is 8.76. The van der Waals surface area contributed by atoms with E-state index >= 15 is 0 Å². The molecule has 0 aliphatic rings. The lowest BCUT2D eigenvalue weighted by Crippen LogP contribution is -2.35. The van der Waals surface area contributed by atoms with Gasteiger partial charge in [-0.2, -0.15) is 0 Å². The van der Waals surface area contributed by atoms with Gasteiger partial charge in [0, 0.05) is 18.6 Å². The minimum absolute atomic E-state index is 0.0344. The number of amides is 1. The zero-order valence-electron chi connectivity index (χ0n) is 14.0. The molecule has 1 amide bonds. The first-order chi connectivity index (χ1) is 10.7. The third-order valence-corrected chi connectivity index (χ3v) is 3.23. The lowest BCUT2D eigenvalue weighted by molar-refractivity contribution is 0.0223. The fourth-order valence-corrected chi connectivity index (χ4v) is 2.12. The van der Waals surface area contributed by atoms with Crippen molar-refractivity contribution in [1.29, 1.82) is 0 Å². The summed E-state index contributed by atoms with van der Waals surface area (Å²) in [6.07, 6.45) is -0.133. The molecule has 23 heavy (non-hydrogen) atoms. The molecule has 0 saturated heterocycles. The number of hydrogen-bond donors (Lipinski definition) is 0. The van der Waals surface area contributed by atoms with E-state index in [0.717, 1.165) is 5.56 Å². The minimum Gasteiger partial charge on any atom is -0.444 e. The van der Waals surface area contributed by atoms with Gasteiger partial charge in [0.1, 0.15) is 5.60 Å². The quantitative estimate of drug-likeness (QED) is 0.715. The Labute approximate surface area is 143 Å². The van der Waals surface area contributed by atoms with Gasteiger partial charge in [-0.15, -0.1) is 0 Å². The molecule has 0 heterocycles. The highest BCUT2D eigenvalue weighted by molar-refractivity contribution is 6.30. The first-order valence-electron chi connectivity index (χ1n) is 7.37. The van der Waals surface area contributed by atoms with E-state index in [0.29, 0.717) is 18.0 Å². The van der Waals surface area contributed by atoms with Crippen molar-refractivity contribution in [3.63, 3.8) is 0 Å². The van der Waals surface area contributed by atoms with Gasteiger partial charge in [0.2, 0.25) is 0 Å². The SMILES string of the molecule is [C-]#[N+]COC(CCN(C)C(=O)OC(C)(C)C)c1cccc(Cl)c1. The Morgan fingerprint density at radius 2 is 2.13 bits per heavy atom. The van der Waals surface area contributed by atoms with Crippen LogP contribution < -0.4 is 0 Å². The summed E-state index contributed by atoms with van der Waals surface area (Å²) in [4.78, 5) is 16.7.